The molecule has 0 saturated carbocycles. The van der Waals surface area contributed by atoms with Gasteiger partial charge in [0, 0.05) is 19.1 Å². The lowest BCUT2D eigenvalue weighted by atomic mass is 9.91. The highest BCUT2D eigenvalue weighted by atomic mass is 15.2. The molecule has 1 heterocycles. The molecule has 0 aromatic rings. The van der Waals surface area contributed by atoms with Crippen LogP contribution in [-0.2, 0) is 0 Å². The molecular formula is C16H34N2. The van der Waals surface area contributed by atoms with Crippen LogP contribution >= 0.6 is 0 Å². The molecule has 18 heavy (non-hydrogen) atoms. The standard InChI is InChI=1S/C16H34N2/c1-14(2)11-17-12-16(4,5)13-18-10-8-6-7-9-15(18)3/h14-15,17H,6-13H2,1-5H3. The zero-order valence-corrected chi connectivity index (χ0v) is 13.3. The minimum Gasteiger partial charge on any atom is -0.316 e. The van der Waals surface area contributed by atoms with E-state index in [9.17, 15) is 0 Å². The lowest BCUT2D eigenvalue weighted by molar-refractivity contribution is 0.137. The van der Waals surface area contributed by atoms with Gasteiger partial charge in [-0.3, -0.25) is 0 Å². The Morgan fingerprint density at radius 3 is 2.61 bits per heavy atom. The summed E-state index contributed by atoms with van der Waals surface area (Å²) in [6, 6.07) is 0.775. The highest BCUT2D eigenvalue weighted by Gasteiger charge is 2.25. The summed E-state index contributed by atoms with van der Waals surface area (Å²) in [5.74, 6) is 0.748. The molecule has 0 aromatic carbocycles. The number of hydrogen-bond acceptors (Lipinski definition) is 2. The van der Waals surface area contributed by atoms with E-state index in [0.717, 1.165) is 25.0 Å². The fourth-order valence-corrected chi connectivity index (χ4v) is 2.87. The van der Waals surface area contributed by atoms with Crippen LogP contribution in [0.4, 0.5) is 0 Å². The molecule has 108 valence electrons. The number of likely N-dealkylation sites (tertiary alicyclic amines) is 1. The molecule has 1 N–H and O–H groups in total. The van der Waals surface area contributed by atoms with Crippen LogP contribution in [0.1, 0.15) is 60.3 Å². The summed E-state index contributed by atoms with van der Waals surface area (Å²) in [6.07, 6.45) is 5.62. The molecule has 1 unspecified atom stereocenters. The number of hydrogen-bond donors (Lipinski definition) is 1. The largest absolute Gasteiger partial charge is 0.316 e. The van der Waals surface area contributed by atoms with Gasteiger partial charge in [0.2, 0.25) is 0 Å². The molecule has 1 fully saturated rings. The molecule has 1 rings (SSSR count). The van der Waals surface area contributed by atoms with Crippen molar-refractivity contribution < 1.29 is 0 Å². The smallest absolute Gasteiger partial charge is 0.00671 e. The second-order valence-electron chi connectivity index (χ2n) is 7.36. The summed E-state index contributed by atoms with van der Waals surface area (Å²) in [5, 5.41) is 3.62. The third-order valence-corrected chi connectivity index (χ3v) is 3.98. The molecule has 1 saturated heterocycles. The summed E-state index contributed by atoms with van der Waals surface area (Å²) in [6.45, 7) is 16.6. The summed E-state index contributed by atoms with van der Waals surface area (Å²) < 4.78 is 0. The van der Waals surface area contributed by atoms with Gasteiger partial charge in [-0.05, 0) is 44.2 Å². The average Bonchev–Trinajstić information content (AvgIpc) is 2.43. The molecule has 0 amide bonds. The predicted octanol–water partition coefficient (Wildman–Crippen LogP) is 3.52. The van der Waals surface area contributed by atoms with Gasteiger partial charge in [-0.2, -0.15) is 0 Å². The third kappa shape index (κ3) is 6.19. The van der Waals surface area contributed by atoms with E-state index in [1.807, 2.05) is 0 Å². The van der Waals surface area contributed by atoms with Crippen molar-refractivity contribution in [3.05, 3.63) is 0 Å². The molecule has 2 nitrogen and oxygen atoms in total. The maximum Gasteiger partial charge on any atom is 0.00671 e. The van der Waals surface area contributed by atoms with Crippen molar-refractivity contribution in [3.63, 3.8) is 0 Å². The van der Waals surface area contributed by atoms with E-state index < -0.39 is 0 Å². The first-order valence-electron chi connectivity index (χ1n) is 7.85. The lowest BCUT2D eigenvalue weighted by Crippen LogP contribution is -2.44. The van der Waals surface area contributed by atoms with Crippen molar-refractivity contribution in [2.45, 2.75) is 66.3 Å². The van der Waals surface area contributed by atoms with E-state index in [0.29, 0.717) is 5.41 Å². The van der Waals surface area contributed by atoms with E-state index in [1.165, 1.54) is 38.8 Å². The Kier molecular flexibility index (Phi) is 6.65. The molecule has 1 atom stereocenters. The lowest BCUT2D eigenvalue weighted by Gasteiger charge is -2.36. The van der Waals surface area contributed by atoms with Crippen molar-refractivity contribution in [2.24, 2.45) is 11.3 Å². The average molecular weight is 254 g/mol. The van der Waals surface area contributed by atoms with Crippen molar-refractivity contribution in [1.82, 2.24) is 10.2 Å². The fourth-order valence-electron chi connectivity index (χ4n) is 2.87. The first-order chi connectivity index (χ1) is 8.41. The minimum atomic E-state index is 0.382. The zero-order chi connectivity index (χ0) is 13.6. The van der Waals surface area contributed by atoms with Crippen LogP contribution in [0.15, 0.2) is 0 Å². The van der Waals surface area contributed by atoms with Gasteiger partial charge >= 0.3 is 0 Å². The van der Waals surface area contributed by atoms with Crippen molar-refractivity contribution in [1.29, 1.82) is 0 Å². The molecule has 0 aromatic heterocycles. The Labute approximate surface area is 115 Å². The van der Waals surface area contributed by atoms with Crippen LogP contribution < -0.4 is 5.32 Å². The summed E-state index contributed by atoms with van der Waals surface area (Å²) in [7, 11) is 0. The van der Waals surface area contributed by atoms with Gasteiger partial charge in [-0.1, -0.05) is 40.5 Å². The van der Waals surface area contributed by atoms with E-state index in [4.69, 9.17) is 0 Å². The molecule has 1 aliphatic rings. The fraction of sp³-hybridized carbons (Fsp3) is 1.00. The molecule has 1 aliphatic heterocycles. The van der Waals surface area contributed by atoms with Gasteiger partial charge in [-0.15, -0.1) is 0 Å². The Bertz CT molecular complexity index is 223. The Balaban J connectivity index is 2.37. The Morgan fingerprint density at radius 1 is 1.22 bits per heavy atom. The SMILES string of the molecule is CC(C)CNCC(C)(C)CN1CCCCCC1C. The molecule has 0 aliphatic carbocycles. The topological polar surface area (TPSA) is 15.3 Å². The van der Waals surface area contributed by atoms with Crippen LogP contribution in [0.2, 0.25) is 0 Å². The van der Waals surface area contributed by atoms with Crippen LogP contribution in [0.5, 0.6) is 0 Å². The van der Waals surface area contributed by atoms with Crippen LogP contribution in [0.25, 0.3) is 0 Å². The van der Waals surface area contributed by atoms with E-state index in [2.05, 4.69) is 44.8 Å². The molecule has 0 spiro atoms. The summed E-state index contributed by atoms with van der Waals surface area (Å²) in [4.78, 5) is 2.71. The highest BCUT2D eigenvalue weighted by Crippen LogP contribution is 2.22. The van der Waals surface area contributed by atoms with Crippen molar-refractivity contribution in [3.8, 4) is 0 Å². The first-order valence-corrected chi connectivity index (χ1v) is 7.85. The van der Waals surface area contributed by atoms with Gasteiger partial charge in [0.05, 0.1) is 0 Å². The number of rotatable bonds is 6. The van der Waals surface area contributed by atoms with Gasteiger partial charge in [0.1, 0.15) is 0 Å². The Hall–Kier alpha value is -0.0800. The van der Waals surface area contributed by atoms with Crippen LogP contribution in [-0.4, -0.2) is 37.1 Å². The third-order valence-electron chi connectivity index (χ3n) is 3.98. The minimum absolute atomic E-state index is 0.382. The molecule has 0 radical (unpaired) electrons. The Morgan fingerprint density at radius 2 is 1.94 bits per heavy atom. The van der Waals surface area contributed by atoms with Crippen LogP contribution in [0.3, 0.4) is 0 Å². The van der Waals surface area contributed by atoms with E-state index >= 15 is 0 Å². The van der Waals surface area contributed by atoms with Crippen LogP contribution in [0, 0.1) is 11.3 Å². The molecule has 2 heteroatoms. The van der Waals surface area contributed by atoms with Gasteiger partial charge < -0.3 is 10.2 Å². The number of nitrogens with one attached hydrogen (secondary N) is 1. The molecular weight excluding hydrogens is 220 g/mol. The van der Waals surface area contributed by atoms with E-state index in [1.54, 1.807) is 0 Å². The number of nitrogens with zero attached hydrogens (tertiary/aromatic N) is 1. The van der Waals surface area contributed by atoms with Gasteiger partial charge in [-0.25, -0.2) is 0 Å². The zero-order valence-electron chi connectivity index (χ0n) is 13.3. The maximum atomic E-state index is 3.62. The monoisotopic (exact) mass is 254 g/mol. The van der Waals surface area contributed by atoms with Gasteiger partial charge in [0.15, 0.2) is 0 Å². The second kappa shape index (κ2) is 7.49. The summed E-state index contributed by atoms with van der Waals surface area (Å²) >= 11 is 0. The maximum absolute atomic E-state index is 3.62. The normalized spacial score (nSPS) is 23.3. The van der Waals surface area contributed by atoms with Crippen molar-refractivity contribution >= 4 is 0 Å². The van der Waals surface area contributed by atoms with E-state index in [-0.39, 0.29) is 0 Å². The second-order valence-corrected chi connectivity index (χ2v) is 7.36. The predicted molar refractivity (Wildman–Crippen MR) is 81.0 cm³/mol. The van der Waals surface area contributed by atoms with Crippen molar-refractivity contribution in [2.75, 3.05) is 26.2 Å². The highest BCUT2D eigenvalue weighted by molar-refractivity contribution is 4.80. The quantitative estimate of drug-likeness (QED) is 0.780. The summed E-state index contributed by atoms with van der Waals surface area (Å²) in [5.41, 5.74) is 0.382. The molecule has 0 bridgehead atoms. The first kappa shape index (κ1) is 16.0. The van der Waals surface area contributed by atoms with Gasteiger partial charge in [0.25, 0.3) is 0 Å².